The Hall–Kier alpha value is -1.55. The highest BCUT2D eigenvalue weighted by Crippen LogP contribution is 2.20. The Labute approximate surface area is 104 Å². The molecule has 0 amide bonds. The van der Waals surface area contributed by atoms with Gasteiger partial charge in [0.05, 0.1) is 11.4 Å². The summed E-state index contributed by atoms with van der Waals surface area (Å²) in [6.45, 7) is 5.67. The highest BCUT2D eigenvalue weighted by molar-refractivity contribution is 9.10. The van der Waals surface area contributed by atoms with Crippen molar-refractivity contribution in [2.75, 3.05) is 5.73 Å². The van der Waals surface area contributed by atoms with Crippen molar-refractivity contribution in [3.63, 3.8) is 0 Å². The molecule has 0 fully saturated rings. The Kier molecular flexibility index (Phi) is 4.31. The SMILES string of the molecule is C=C(N/C=C\C)C(=N)c1cc(Br)ccc1N. The molecule has 4 heteroatoms. The first kappa shape index (κ1) is 12.5. The van der Waals surface area contributed by atoms with Crippen molar-refractivity contribution < 1.29 is 0 Å². The molecule has 0 unspecified atom stereocenters. The van der Waals surface area contributed by atoms with Gasteiger partial charge in [0.25, 0.3) is 0 Å². The molecule has 4 N–H and O–H groups in total. The number of allylic oxidation sites excluding steroid dienone is 2. The maximum absolute atomic E-state index is 7.95. The van der Waals surface area contributed by atoms with Crippen molar-refractivity contribution in [3.05, 3.63) is 52.8 Å². The molecule has 3 nitrogen and oxygen atoms in total. The van der Waals surface area contributed by atoms with Crippen LogP contribution in [0.15, 0.2) is 47.2 Å². The fourth-order valence-electron chi connectivity index (χ4n) is 1.16. The van der Waals surface area contributed by atoms with Gasteiger partial charge in [-0.3, -0.25) is 5.41 Å². The minimum Gasteiger partial charge on any atom is -0.398 e. The molecule has 0 aromatic heterocycles. The van der Waals surface area contributed by atoms with Gasteiger partial charge >= 0.3 is 0 Å². The van der Waals surface area contributed by atoms with Gasteiger partial charge in [0, 0.05) is 15.7 Å². The van der Waals surface area contributed by atoms with E-state index in [-0.39, 0.29) is 5.71 Å². The summed E-state index contributed by atoms with van der Waals surface area (Å²) < 4.78 is 0.889. The Morgan fingerprint density at radius 3 is 2.88 bits per heavy atom. The first-order valence-electron chi connectivity index (χ1n) is 4.77. The van der Waals surface area contributed by atoms with Crippen LogP contribution in [0.4, 0.5) is 5.69 Å². The first-order chi connectivity index (χ1) is 7.56. The van der Waals surface area contributed by atoms with E-state index >= 15 is 0 Å². The van der Waals surface area contributed by atoms with Gasteiger partial charge in [-0.15, -0.1) is 0 Å². The molecule has 0 radical (unpaired) electrons. The molecule has 0 saturated carbocycles. The number of nitrogens with two attached hydrogens (primary N) is 1. The average Bonchev–Trinajstić information content (AvgIpc) is 2.28. The van der Waals surface area contributed by atoms with Crippen molar-refractivity contribution in [1.82, 2.24) is 5.32 Å². The molecule has 1 aromatic rings. The van der Waals surface area contributed by atoms with Gasteiger partial charge in [0.1, 0.15) is 0 Å². The van der Waals surface area contributed by atoms with Gasteiger partial charge in [0.15, 0.2) is 0 Å². The van der Waals surface area contributed by atoms with E-state index in [1.54, 1.807) is 18.3 Å². The molecule has 1 aromatic carbocycles. The summed E-state index contributed by atoms with van der Waals surface area (Å²) in [6.07, 6.45) is 3.56. The smallest absolute Gasteiger partial charge is 0.0861 e. The Morgan fingerprint density at radius 1 is 1.56 bits per heavy atom. The predicted octanol–water partition coefficient (Wildman–Crippen LogP) is 3.04. The van der Waals surface area contributed by atoms with E-state index in [2.05, 4.69) is 27.8 Å². The number of hydrogen-bond donors (Lipinski definition) is 3. The molecule has 84 valence electrons. The molecule has 16 heavy (non-hydrogen) atoms. The van der Waals surface area contributed by atoms with Crippen LogP contribution in [0.25, 0.3) is 0 Å². The summed E-state index contributed by atoms with van der Waals surface area (Å²) >= 11 is 3.35. The van der Waals surface area contributed by atoms with Gasteiger partial charge in [-0.2, -0.15) is 0 Å². The predicted molar refractivity (Wildman–Crippen MR) is 72.5 cm³/mol. The highest BCUT2D eigenvalue weighted by atomic mass is 79.9. The van der Waals surface area contributed by atoms with E-state index in [4.69, 9.17) is 11.1 Å². The lowest BCUT2D eigenvalue weighted by molar-refractivity contribution is 1.13. The van der Waals surface area contributed by atoms with Gasteiger partial charge < -0.3 is 11.1 Å². The number of rotatable bonds is 4. The minimum atomic E-state index is 0.289. The third kappa shape index (κ3) is 2.97. The third-order valence-electron chi connectivity index (χ3n) is 2.01. The van der Waals surface area contributed by atoms with E-state index < -0.39 is 0 Å². The molecular weight excluding hydrogens is 266 g/mol. The second-order valence-corrected chi connectivity index (χ2v) is 4.15. The molecular formula is C12H14BrN3. The summed E-state index contributed by atoms with van der Waals surface area (Å²) in [6, 6.07) is 5.41. The summed E-state index contributed by atoms with van der Waals surface area (Å²) in [5.41, 5.74) is 7.84. The Morgan fingerprint density at radius 2 is 2.25 bits per heavy atom. The zero-order valence-corrected chi connectivity index (χ0v) is 10.6. The monoisotopic (exact) mass is 279 g/mol. The van der Waals surface area contributed by atoms with Crippen molar-refractivity contribution in [2.45, 2.75) is 6.92 Å². The maximum atomic E-state index is 7.95. The molecule has 0 aliphatic heterocycles. The fraction of sp³-hybridized carbons (Fsp3) is 0.0833. The molecule has 0 aliphatic carbocycles. The van der Waals surface area contributed by atoms with Crippen molar-refractivity contribution in [3.8, 4) is 0 Å². The summed E-state index contributed by atoms with van der Waals surface area (Å²) in [7, 11) is 0. The van der Waals surface area contributed by atoms with Crippen LogP contribution in [0.3, 0.4) is 0 Å². The van der Waals surface area contributed by atoms with Crippen LogP contribution in [0.2, 0.25) is 0 Å². The van der Waals surface area contributed by atoms with Gasteiger partial charge in [-0.25, -0.2) is 0 Å². The molecule has 0 heterocycles. The Bertz CT molecular complexity index is 450. The Balaban J connectivity index is 2.96. The molecule has 0 spiro atoms. The number of nitrogens with one attached hydrogen (secondary N) is 2. The zero-order chi connectivity index (χ0) is 12.1. The molecule has 1 rings (SSSR count). The molecule has 0 bridgehead atoms. The van der Waals surface area contributed by atoms with E-state index in [0.717, 1.165) is 4.47 Å². The van der Waals surface area contributed by atoms with Crippen LogP contribution in [0.1, 0.15) is 12.5 Å². The lowest BCUT2D eigenvalue weighted by Gasteiger charge is -2.10. The maximum Gasteiger partial charge on any atom is 0.0861 e. The first-order valence-corrected chi connectivity index (χ1v) is 5.56. The summed E-state index contributed by atoms with van der Waals surface area (Å²) in [5.74, 6) is 0. The standard InChI is InChI=1S/C12H14BrN3/c1-3-6-16-8(2)12(15)10-7-9(13)4-5-11(10)14/h3-7,15-16H,2,14H2,1H3/b6-3-,15-12?. The summed E-state index contributed by atoms with van der Waals surface area (Å²) in [4.78, 5) is 0. The summed E-state index contributed by atoms with van der Waals surface area (Å²) in [5, 5.41) is 10.9. The van der Waals surface area contributed by atoms with Crippen molar-refractivity contribution in [2.24, 2.45) is 0 Å². The van der Waals surface area contributed by atoms with Crippen molar-refractivity contribution >= 4 is 27.3 Å². The highest BCUT2D eigenvalue weighted by Gasteiger charge is 2.08. The van der Waals surface area contributed by atoms with Crippen LogP contribution in [0, 0.1) is 5.41 Å². The van der Waals surface area contributed by atoms with E-state index in [9.17, 15) is 0 Å². The average molecular weight is 280 g/mol. The molecule has 0 aliphatic rings. The number of benzene rings is 1. The second-order valence-electron chi connectivity index (χ2n) is 3.23. The van der Waals surface area contributed by atoms with E-state index in [0.29, 0.717) is 16.9 Å². The normalized spacial score (nSPS) is 10.4. The number of hydrogen-bond acceptors (Lipinski definition) is 3. The van der Waals surface area contributed by atoms with Crippen LogP contribution >= 0.6 is 15.9 Å². The van der Waals surface area contributed by atoms with E-state index in [1.807, 2.05) is 19.1 Å². The van der Waals surface area contributed by atoms with Crippen molar-refractivity contribution in [1.29, 1.82) is 5.41 Å². The lowest BCUT2D eigenvalue weighted by atomic mass is 10.1. The molecule has 0 atom stereocenters. The van der Waals surface area contributed by atoms with Gasteiger partial charge in [-0.1, -0.05) is 28.6 Å². The second kappa shape index (κ2) is 5.51. The quantitative estimate of drug-likeness (QED) is 0.586. The topological polar surface area (TPSA) is 61.9 Å². The largest absolute Gasteiger partial charge is 0.398 e. The van der Waals surface area contributed by atoms with Crippen LogP contribution in [-0.2, 0) is 0 Å². The number of anilines is 1. The number of nitrogen functional groups attached to an aromatic ring is 1. The molecule has 0 saturated heterocycles. The third-order valence-corrected chi connectivity index (χ3v) is 2.50. The van der Waals surface area contributed by atoms with Gasteiger partial charge in [0.2, 0.25) is 0 Å². The minimum absolute atomic E-state index is 0.289. The fourth-order valence-corrected chi connectivity index (χ4v) is 1.52. The lowest BCUT2D eigenvalue weighted by Crippen LogP contribution is -2.15. The zero-order valence-electron chi connectivity index (χ0n) is 9.05. The van der Waals surface area contributed by atoms with Crippen LogP contribution < -0.4 is 11.1 Å². The number of halogens is 1. The van der Waals surface area contributed by atoms with E-state index in [1.165, 1.54) is 0 Å². The van der Waals surface area contributed by atoms with Crippen LogP contribution in [-0.4, -0.2) is 5.71 Å². The van der Waals surface area contributed by atoms with Crippen LogP contribution in [0.5, 0.6) is 0 Å². The van der Waals surface area contributed by atoms with Gasteiger partial charge in [-0.05, 0) is 31.3 Å².